The molecule has 2 aliphatic rings. The topological polar surface area (TPSA) is 46.6 Å². The number of likely N-dealkylation sites (tertiary alicyclic amines) is 1. The molecule has 0 aromatic carbocycles. The molecule has 0 aromatic rings. The molecule has 2 rings (SSSR count). The Hall–Kier alpha value is -1.06. The van der Waals surface area contributed by atoms with Crippen molar-refractivity contribution in [2.24, 2.45) is 5.41 Å². The molecule has 0 N–H and O–H groups in total. The highest BCUT2D eigenvalue weighted by molar-refractivity contribution is 5.72. The SMILES string of the molecule is CC(C)(C)OC(=O)N1CC2(C=O)CCC1C2. The molecule has 2 atom stereocenters. The normalized spacial score (nSPS) is 32.9. The van der Waals surface area contributed by atoms with Crippen LogP contribution in [0.2, 0.25) is 0 Å². The van der Waals surface area contributed by atoms with Crippen LogP contribution in [0.25, 0.3) is 0 Å². The standard InChI is InChI=1S/C12H19NO3/c1-11(2,3)16-10(15)13-7-12(8-14)5-4-9(13)6-12/h8-9H,4-7H2,1-3H3. The minimum atomic E-state index is -0.465. The number of hydrogen-bond donors (Lipinski definition) is 0. The van der Waals surface area contributed by atoms with E-state index in [1.54, 1.807) is 4.90 Å². The Kier molecular flexibility index (Phi) is 2.48. The van der Waals surface area contributed by atoms with Crippen molar-refractivity contribution in [3.63, 3.8) is 0 Å². The van der Waals surface area contributed by atoms with E-state index in [9.17, 15) is 9.59 Å². The molecule has 1 heterocycles. The number of ether oxygens (including phenoxy) is 1. The average Bonchev–Trinajstić information content (AvgIpc) is 2.72. The number of amides is 1. The lowest BCUT2D eigenvalue weighted by Gasteiger charge is -2.31. The second-order valence-electron chi connectivity index (χ2n) is 5.99. The van der Waals surface area contributed by atoms with Crippen LogP contribution >= 0.6 is 0 Å². The molecule has 2 unspecified atom stereocenters. The molecule has 2 fully saturated rings. The highest BCUT2D eigenvalue weighted by atomic mass is 16.6. The molecule has 1 saturated heterocycles. The maximum absolute atomic E-state index is 11.9. The summed E-state index contributed by atoms with van der Waals surface area (Å²) in [4.78, 5) is 24.7. The summed E-state index contributed by atoms with van der Waals surface area (Å²) in [6.45, 7) is 6.11. The van der Waals surface area contributed by atoms with E-state index in [-0.39, 0.29) is 17.6 Å². The van der Waals surface area contributed by atoms with Crippen molar-refractivity contribution in [2.75, 3.05) is 6.54 Å². The van der Waals surface area contributed by atoms with E-state index in [1.165, 1.54) is 0 Å². The number of carbonyl (C=O) groups excluding carboxylic acids is 2. The Morgan fingerprint density at radius 3 is 2.69 bits per heavy atom. The summed E-state index contributed by atoms with van der Waals surface area (Å²) < 4.78 is 5.33. The van der Waals surface area contributed by atoms with Gasteiger partial charge in [0.15, 0.2) is 0 Å². The number of aldehydes is 1. The van der Waals surface area contributed by atoms with Crippen LogP contribution in [0.1, 0.15) is 40.0 Å². The Balaban J connectivity index is 2.03. The largest absolute Gasteiger partial charge is 0.444 e. The van der Waals surface area contributed by atoms with Crippen molar-refractivity contribution in [1.29, 1.82) is 0 Å². The zero-order valence-corrected chi connectivity index (χ0v) is 10.2. The summed E-state index contributed by atoms with van der Waals surface area (Å²) in [5.41, 5.74) is -0.741. The number of nitrogens with zero attached hydrogens (tertiary/aromatic N) is 1. The molecule has 0 spiro atoms. The summed E-state index contributed by atoms with van der Waals surface area (Å²) in [6, 6.07) is 0.208. The highest BCUT2D eigenvalue weighted by Crippen LogP contribution is 2.46. The van der Waals surface area contributed by atoms with Gasteiger partial charge < -0.3 is 14.4 Å². The van der Waals surface area contributed by atoms with Crippen LogP contribution in [0.4, 0.5) is 4.79 Å². The highest BCUT2D eigenvalue weighted by Gasteiger charge is 2.52. The molecule has 90 valence electrons. The maximum atomic E-state index is 11.9. The van der Waals surface area contributed by atoms with Crippen molar-refractivity contribution in [3.05, 3.63) is 0 Å². The van der Waals surface area contributed by atoms with Crippen LogP contribution in [0.5, 0.6) is 0 Å². The minimum Gasteiger partial charge on any atom is -0.444 e. The monoisotopic (exact) mass is 225 g/mol. The van der Waals surface area contributed by atoms with Gasteiger partial charge in [0.1, 0.15) is 11.9 Å². The summed E-state index contributed by atoms with van der Waals surface area (Å²) in [5.74, 6) is 0. The predicted molar refractivity (Wildman–Crippen MR) is 59.1 cm³/mol. The van der Waals surface area contributed by atoms with Gasteiger partial charge >= 0.3 is 6.09 Å². The van der Waals surface area contributed by atoms with Crippen molar-refractivity contribution >= 4 is 12.4 Å². The van der Waals surface area contributed by atoms with Gasteiger partial charge in [0.05, 0.1) is 0 Å². The van der Waals surface area contributed by atoms with E-state index in [1.807, 2.05) is 20.8 Å². The fourth-order valence-corrected chi connectivity index (χ4v) is 2.68. The van der Waals surface area contributed by atoms with E-state index in [0.717, 1.165) is 25.5 Å². The van der Waals surface area contributed by atoms with Crippen molar-refractivity contribution in [1.82, 2.24) is 4.90 Å². The van der Waals surface area contributed by atoms with E-state index in [2.05, 4.69) is 0 Å². The maximum Gasteiger partial charge on any atom is 0.410 e. The quantitative estimate of drug-likeness (QED) is 0.641. The van der Waals surface area contributed by atoms with Crippen LogP contribution in [-0.2, 0) is 9.53 Å². The van der Waals surface area contributed by atoms with Gasteiger partial charge in [-0.3, -0.25) is 0 Å². The molecule has 1 amide bonds. The lowest BCUT2D eigenvalue weighted by atomic mass is 9.89. The third-order valence-corrected chi connectivity index (χ3v) is 3.42. The third kappa shape index (κ3) is 1.93. The minimum absolute atomic E-state index is 0.208. The first-order valence-electron chi connectivity index (χ1n) is 5.81. The fraction of sp³-hybridized carbons (Fsp3) is 0.833. The van der Waals surface area contributed by atoms with Gasteiger partial charge in [0.2, 0.25) is 0 Å². The summed E-state index contributed by atoms with van der Waals surface area (Å²) >= 11 is 0. The molecule has 1 aliphatic carbocycles. The smallest absolute Gasteiger partial charge is 0.410 e. The lowest BCUT2D eigenvalue weighted by Crippen LogP contribution is -2.43. The second kappa shape index (κ2) is 3.47. The van der Waals surface area contributed by atoms with Gasteiger partial charge in [-0.1, -0.05) is 0 Å². The third-order valence-electron chi connectivity index (χ3n) is 3.42. The van der Waals surface area contributed by atoms with Gasteiger partial charge in [-0.15, -0.1) is 0 Å². The summed E-state index contributed by atoms with van der Waals surface area (Å²) in [7, 11) is 0. The number of fused-ring (bicyclic) bond motifs is 2. The van der Waals surface area contributed by atoms with Gasteiger partial charge in [-0.2, -0.15) is 0 Å². The Labute approximate surface area is 95.9 Å². The van der Waals surface area contributed by atoms with Crippen LogP contribution in [0.3, 0.4) is 0 Å². The zero-order valence-electron chi connectivity index (χ0n) is 10.2. The number of rotatable bonds is 1. The predicted octanol–water partition coefficient (Wildman–Crippen LogP) is 1.97. The summed E-state index contributed by atoms with van der Waals surface area (Å²) in [5, 5.41) is 0. The van der Waals surface area contributed by atoms with E-state index >= 15 is 0 Å². The molecular formula is C12H19NO3. The first-order chi connectivity index (χ1) is 7.35. The molecule has 1 saturated carbocycles. The molecule has 2 bridgehead atoms. The fourth-order valence-electron chi connectivity index (χ4n) is 2.68. The molecule has 0 aromatic heterocycles. The number of hydrogen-bond acceptors (Lipinski definition) is 3. The average molecular weight is 225 g/mol. The van der Waals surface area contributed by atoms with Crippen LogP contribution in [0.15, 0.2) is 0 Å². The van der Waals surface area contributed by atoms with Crippen molar-refractivity contribution < 1.29 is 14.3 Å². The summed E-state index contributed by atoms with van der Waals surface area (Å²) in [6.07, 6.45) is 3.41. The van der Waals surface area contributed by atoms with Crippen molar-refractivity contribution in [2.45, 2.75) is 51.7 Å². The molecule has 16 heavy (non-hydrogen) atoms. The Morgan fingerprint density at radius 1 is 1.50 bits per heavy atom. The van der Waals surface area contributed by atoms with Gasteiger partial charge in [-0.05, 0) is 40.0 Å². The lowest BCUT2D eigenvalue weighted by molar-refractivity contribution is -0.115. The first-order valence-corrected chi connectivity index (χ1v) is 5.81. The Morgan fingerprint density at radius 2 is 2.19 bits per heavy atom. The van der Waals surface area contributed by atoms with Gasteiger partial charge in [0.25, 0.3) is 0 Å². The van der Waals surface area contributed by atoms with Crippen molar-refractivity contribution in [3.8, 4) is 0 Å². The van der Waals surface area contributed by atoms with Crippen LogP contribution < -0.4 is 0 Å². The van der Waals surface area contributed by atoms with E-state index < -0.39 is 5.60 Å². The molecule has 4 nitrogen and oxygen atoms in total. The second-order valence-corrected chi connectivity index (χ2v) is 5.99. The molecule has 4 heteroatoms. The van der Waals surface area contributed by atoms with Crippen LogP contribution in [0, 0.1) is 5.41 Å². The number of carbonyl (C=O) groups is 2. The zero-order chi connectivity index (χ0) is 12.0. The number of piperidine rings is 1. The molecule has 0 radical (unpaired) electrons. The van der Waals surface area contributed by atoms with Crippen LogP contribution in [-0.4, -0.2) is 35.5 Å². The van der Waals surface area contributed by atoms with Gasteiger partial charge in [-0.25, -0.2) is 4.79 Å². The van der Waals surface area contributed by atoms with Gasteiger partial charge in [0, 0.05) is 18.0 Å². The van der Waals surface area contributed by atoms with E-state index in [4.69, 9.17) is 4.74 Å². The Bertz CT molecular complexity index is 321. The van der Waals surface area contributed by atoms with E-state index in [0.29, 0.717) is 6.54 Å². The first kappa shape index (κ1) is 11.4. The molecular weight excluding hydrogens is 206 g/mol. The molecule has 1 aliphatic heterocycles.